The monoisotopic (exact) mass is 244 g/mol. The minimum atomic E-state index is 0.353. The van der Waals surface area contributed by atoms with Crippen molar-refractivity contribution in [3.05, 3.63) is 0 Å². The molecule has 3 heteroatoms. The van der Waals surface area contributed by atoms with Crippen LogP contribution in [0.4, 0.5) is 0 Å². The third-order valence-electron chi connectivity index (χ3n) is 3.80. The highest BCUT2D eigenvalue weighted by Crippen LogP contribution is 2.26. The van der Waals surface area contributed by atoms with Gasteiger partial charge in [0, 0.05) is 36.7 Å². The molecule has 16 heavy (non-hydrogen) atoms. The first-order valence-corrected chi connectivity index (χ1v) is 7.68. The number of rotatable bonds is 5. The summed E-state index contributed by atoms with van der Waals surface area (Å²) < 4.78 is 0. The summed E-state index contributed by atoms with van der Waals surface area (Å²) in [6.45, 7) is 15.2. The van der Waals surface area contributed by atoms with Crippen LogP contribution < -0.4 is 5.32 Å². The Kier molecular flexibility index (Phi) is 5.62. The molecule has 96 valence electrons. The van der Waals surface area contributed by atoms with Crippen molar-refractivity contribution in [2.45, 2.75) is 46.7 Å². The number of hydrogen-bond acceptors (Lipinski definition) is 3. The third-order valence-corrected chi connectivity index (χ3v) is 4.99. The molecule has 0 aromatic heterocycles. The van der Waals surface area contributed by atoms with Crippen LogP contribution in [-0.4, -0.2) is 48.1 Å². The molecule has 1 fully saturated rings. The lowest BCUT2D eigenvalue weighted by molar-refractivity contribution is 0.123. The summed E-state index contributed by atoms with van der Waals surface area (Å²) >= 11 is 2.09. The van der Waals surface area contributed by atoms with Crippen LogP contribution in [-0.2, 0) is 0 Å². The van der Waals surface area contributed by atoms with E-state index in [0.717, 1.165) is 12.6 Å². The Balaban J connectivity index is 2.49. The second kappa shape index (κ2) is 6.27. The lowest BCUT2D eigenvalue weighted by atomic mass is 9.84. The molecule has 2 atom stereocenters. The van der Waals surface area contributed by atoms with Crippen LogP contribution in [0.15, 0.2) is 0 Å². The van der Waals surface area contributed by atoms with Gasteiger partial charge in [-0.1, -0.05) is 20.8 Å². The third kappa shape index (κ3) is 3.94. The fourth-order valence-electron chi connectivity index (χ4n) is 2.24. The van der Waals surface area contributed by atoms with Crippen molar-refractivity contribution in [2.24, 2.45) is 5.41 Å². The van der Waals surface area contributed by atoms with Gasteiger partial charge in [-0.25, -0.2) is 0 Å². The average Bonchev–Trinajstić information content (AvgIpc) is 2.21. The molecule has 1 N–H and O–H groups in total. The van der Waals surface area contributed by atoms with Crippen molar-refractivity contribution in [1.29, 1.82) is 0 Å². The van der Waals surface area contributed by atoms with Crippen LogP contribution in [0.3, 0.4) is 0 Å². The van der Waals surface area contributed by atoms with Gasteiger partial charge in [0.25, 0.3) is 0 Å². The predicted molar refractivity (Wildman–Crippen MR) is 75.3 cm³/mol. The Hall–Kier alpha value is 0.270. The molecule has 1 heterocycles. The molecule has 0 radical (unpaired) electrons. The number of nitrogens with one attached hydrogen (secondary N) is 1. The van der Waals surface area contributed by atoms with Gasteiger partial charge < -0.3 is 5.32 Å². The summed E-state index contributed by atoms with van der Waals surface area (Å²) in [7, 11) is 0. The maximum absolute atomic E-state index is 3.56. The van der Waals surface area contributed by atoms with Crippen LogP contribution in [0.2, 0.25) is 0 Å². The molecule has 2 unspecified atom stereocenters. The van der Waals surface area contributed by atoms with Crippen molar-refractivity contribution in [3.8, 4) is 0 Å². The van der Waals surface area contributed by atoms with Gasteiger partial charge in [0.1, 0.15) is 0 Å². The quantitative estimate of drug-likeness (QED) is 0.800. The van der Waals surface area contributed by atoms with Crippen LogP contribution in [0.5, 0.6) is 0 Å². The normalized spacial score (nSPS) is 25.7. The van der Waals surface area contributed by atoms with E-state index in [1.54, 1.807) is 0 Å². The van der Waals surface area contributed by atoms with E-state index in [9.17, 15) is 0 Å². The van der Waals surface area contributed by atoms with Crippen molar-refractivity contribution in [2.75, 3.05) is 31.1 Å². The van der Waals surface area contributed by atoms with Gasteiger partial charge in [-0.05, 0) is 25.8 Å². The fraction of sp³-hybridized carbons (Fsp3) is 1.00. The van der Waals surface area contributed by atoms with E-state index in [1.165, 1.54) is 24.6 Å². The lowest BCUT2D eigenvalue weighted by Crippen LogP contribution is -2.51. The molecule has 0 spiro atoms. The van der Waals surface area contributed by atoms with Gasteiger partial charge in [0.05, 0.1) is 0 Å². The summed E-state index contributed by atoms with van der Waals surface area (Å²) in [5.41, 5.74) is 0.353. The maximum Gasteiger partial charge on any atom is 0.0158 e. The van der Waals surface area contributed by atoms with Crippen LogP contribution >= 0.6 is 11.8 Å². The zero-order chi connectivity index (χ0) is 12.2. The zero-order valence-electron chi connectivity index (χ0n) is 11.5. The highest BCUT2D eigenvalue weighted by atomic mass is 32.2. The molecule has 2 nitrogen and oxygen atoms in total. The number of hydrogen-bond donors (Lipinski definition) is 1. The van der Waals surface area contributed by atoms with Crippen molar-refractivity contribution < 1.29 is 0 Å². The van der Waals surface area contributed by atoms with E-state index in [0.29, 0.717) is 11.5 Å². The number of thioether (sulfide) groups is 1. The van der Waals surface area contributed by atoms with Gasteiger partial charge in [0.2, 0.25) is 0 Å². The predicted octanol–water partition coefficient (Wildman–Crippen LogP) is 2.45. The Morgan fingerprint density at radius 3 is 2.75 bits per heavy atom. The summed E-state index contributed by atoms with van der Waals surface area (Å²) in [4.78, 5) is 2.66. The average molecular weight is 244 g/mol. The topological polar surface area (TPSA) is 15.3 Å². The Morgan fingerprint density at radius 1 is 1.50 bits per heavy atom. The highest BCUT2D eigenvalue weighted by Gasteiger charge is 2.30. The van der Waals surface area contributed by atoms with Crippen LogP contribution in [0.1, 0.15) is 34.6 Å². The van der Waals surface area contributed by atoms with E-state index in [4.69, 9.17) is 0 Å². The van der Waals surface area contributed by atoms with Crippen LogP contribution in [0.25, 0.3) is 0 Å². The van der Waals surface area contributed by atoms with Gasteiger partial charge in [-0.3, -0.25) is 4.90 Å². The minimum absolute atomic E-state index is 0.353. The molecule has 0 amide bonds. The van der Waals surface area contributed by atoms with Gasteiger partial charge in [0.15, 0.2) is 0 Å². The smallest absolute Gasteiger partial charge is 0.0158 e. The molecule has 1 saturated heterocycles. The lowest BCUT2D eigenvalue weighted by Gasteiger charge is -2.41. The summed E-state index contributed by atoms with van der Waals surface area (Å²) in [6, 6.07) is 1.33. The zero-order valence-corrected chi connectivity index (χ0v) is 12.4. The molecule has 0 saturated carbocycles. The first-order chi connectivity index (χ1) is 7.47. The molecule has 0 bridgehead atoms. The highest BCUT2D eigenvalue weighted by molar-refractivity contribution is 7.99. The van der Waals surface area contributed by atoms with Crippen molar-refractivity contribution in [3.63, 3.8) is 0 Å². The molecule has 0 aliphatic carbocycles. The fourth-order valence-corrected chi connectivity index (χ4v) is 3.32. The number of nitrogens with zero attached hydrogens (tertiary/aromatic N) is 1. The minimum Gasteiger partial charge on any atom is -0.314 e. The maximum atomic E-state index is 3.56. The van der Waals surface area contributed by atoms with Crippen LogP contribution in [0, 0.1) is 5.41 Å². The Bertz CT molecular complexity index is 206. The van der Waals surface area contributed by atoms with Crippen molar-refractivity contribution >= 4 is 11.8 Å². The summed E-state index contributed by atoms with van der Waals surface area (Å²) in [5.74, 6) is 2.60. The van der Waals surface area contributed by atoms with E-state index < -0.39 is 0 Å². The first kappa shape index (κ1) is 14.3. The Labute approximate surface area is 106 Å². The van der Waals surface area contributed by atoms with E-state index in [2.05, 4.69) is 56.6 Å². The van der Waals surface area contributed by atoms with Gasteiger partial charge in [-0.15, -0.1) is 0 Å². The molecular weight excluding hydrogens is 216 g/mol. The second-order valence-electron chi connectivity index (χ2n) is 5.66. The molecule has 0 aromatic rings. The molecular formula is C13H28N2S. The second-order valence-corrected chi connectivity index (χ2v) is 6.81. The van der Waals surface area contributed by atoms with Crippen molar-refractivity contribution in [1.82, 2.24) is 10.2 Å². The Morgan fingerprint density at radius 2 is 2.19 bits per heavy atom. The van der Waals surface area contributed by atoms with Gasteiger partial charge in [-0.2, -0.15) is 11.8 Å². The van der Waals surface area contributed by atoms with E-state index in [1.807, 2.05) is 0 Å². The standard InChI is InChI=1S/C13H28N2S/c1-6-14-12(3)13(4,5)10-15-7-8-16-9-11(15)2/h11-12,14H,6-10H2,1-5H3. The SMILES string of the molecule is CCNC(C)C(C)(C)CN1CCSCC1C. The molecule has 1 aliphatic rings. The molecule has 0 aromatic carbocycles. The summed E-state index contributed by atoms with van der Waals surface area (Å²) in [5, 5.41) is 3.56. The van der Waals surface area contributed by atoms with Gasteiger partial charge >= 0.3 is 0 Å². The van der Waals surface area contributed by atoms with E-state index >= 15 is 0 Å². The summed E-state index contributed by atoms with van der Waals surface area (Å²) in [6.07, 6.45) is 0. The first-order valence-electron chi connectivity index (χ1n) is 6.52. The molecule has 1 rings (SSSR count). The molecule has 1 aliphatic heterocycles. The largest absolute Gasteiger partial charge is 0.314 e. The van der Waals surface area contributed by atoms with E-state index in [-0.39, 0.29) is 0 Å².